The number of benzene rings is 1. The number of nitrogens with one attached hydrogen (secondary N) is 1. The molecular formula is C16H24FNO. The molecule has 2 atom stereocenters. The normalized spacial score (nSPS) is 23.9. The zero-order valence-corrected chi connectivity index (χ0v) is 11.9. The van der Waals surface area contributed by atoms with Gasteiger partial charge in [0.25, 0.3) is 0 Å². The molecule has 0 saturated heterocycles. The smallest absolute Gasteiger partial charge is 0.123 e. The number of ether oxygens (including phenoxy) is 1. The minimum atomic E-state index is -0.171. The van der Waals surface area contributed by atoms with E-state index in [1.165, 1.54) is 25.3 Å². The molecule has 1 aromatic rings. The Balaban J connectivity index is 2.31. The first-order valence-corrected chi connectivity index (χ1v) is 7.33. The molecule has 0 spiro atoms. The van der Waals surface area contributed by atoms with E-state index in [1.807, 2.05) is 0 Å². The van der Waals surface area contributed by atoms with Gasteiger partial charge in [-0.1, -0.05) is 26.2 Å². The van der Waals surface area contributed by atoms with Gasteiger partial charge in [0.2, 0.25) is 0 Å². The first-order chi connectivity index (χ1) is 9.26. The van der Waals surface area contributed by atoms with Gasteiger partial charge >= 0.3 is 0 Å². The number of halogens is 1. The second-order valence-corrected chi connectivity index (χ2v) is 5.29. The van der Waals surface area contributed by atoms with Crippen molar-refractivity contribution in [1.82, 2.24) is 5.32 Å². The van der Waals surface area contributed by atoms with Gasteiger partial charge < -0.3 is 10.1 Å². The zero-order chi connectivity index (χ0) is 13.7. The first kappa shape index (κ1) is 14.3. The van der Waals surface area contributed by atoms with Crippen LogP contribution in [-0.4, -0.2) is 19.7 Å². The quantitative estimate of drug-likeness (QED) is 0.835. The molecule has 0 amide bonds. The van der Waals surface area contributed by atoms with Crippen LogP contribution in [0.3, 0.4) is 0 Å². The Labute approximate surface area is 115 Å². The fourth-order valence-electron chi connectivity index (χ4n) is 3.18. The molecular weight excluding hydrogens is 241 g/mol. The van der Waals surface area contributed by atoms with Crippen LogP contribution in [0.25, 0.3) is 0 Å². The molecule has 2 unspecified atom stereocenters. The lowest BCUT2D eigenvalue weighted by molar-refractivity contribution is 0.377. The van der Waals surface area contributed by atoms with Crippen LogP contribution >= 0.6 is 0 Å². The molecule has 2 nitrogen and oxygen atoms in total. The summed E-state index contributed by atoms with van der Waals surface area (Å²) in [5, 5.41) is 3.57. The van der Waals surface area contributed by atoms with Crippen LogP contribution in [0, 0.1) is 5.82 Å². The van der Waals surface area contributed by atoms with Gasteiger partial charge in [-0.2, -0.15) is 0 Å². The topological polar surface area (TPSA) is 21.3 Å². The summed E-state index contributed by atoms with van der Waals surface area (Å²) >= 11 is 0. The lowest BCUT2D eigenvalue weighted by Crippen LogP contribution is -2.34. The van der Waals surface area contributed by atoms with Gasteiger partial charge in [-0.25, -0.2) is 4.39 Å². The van der Waals surface area contributed by atoms with Gasteiger partial charge in [-0.15, -0.1) is 0 Å². The summed E-state index contributed by atoms with van der Waals surface area (Å²) in [6, 6.07) is 5.31. The Morgan fingerprint density at radius 1 is 1.26 bits per heavy atom. The second-order valence-electron chi connectivity index (χ2n) is 5.29. The van der Waals surface area contributed by atoms with Gasteiger partial charge in [0.05, 0.1) is 7.11 Å². The van der Waals surface area contributed by atoms with Crippen molar-refractivity contribution in [3.8, 4) is 5.75 Å². The largest absolute Gasteiger partial charge is 0.496 e. The van der Waals surface area contributed by atoms with Crippen LogP contribution in [0.5, 0.6) is 5.75 Å². The lowest BCUT2D eigenvalue weighted by Gasteiger charge is -2.27. The van der Waals surface area contributed by atoms with Crippen LogP contribution in [0.15, 0.2) is 18.2 Å². The molecule has 106 valence electrons. The van der Waals surface area contributed by atoms with Crippen molar-refractivity contribution < 1.29 is 9.13 Å². The maximum absolute atomic E-state index is 13.6. The summed E-state index contributed by atoms with van der Waals surface area (Å²) in [5.41, 5.74) is 1.02. The first-order valence-electron chi connectivity index (χ1n) is 7.33. The third kappa shape index (κ3) is 3.47. The highest BCUT2D eigenvalue weighted by Gasteiger charge is 2.27. The molecule has 2 rings (SSSR count). The van der Waals surface area contributed by atoms with Crippen molar-refractivity contribution in [3.05, 3.63) is 29.6 Å². The number of rotatable bonds is 4. The summed E-state index contributed by atoms with van der Waals surface area (Å²) in [6.07, 6.45) is 6.02. The summed E-state index contributed by atoms with van der Waals surface area (Å²) in [5.74, 6) is 1.000. The number of methoxy groups -OCH3 is 1. The molecule has 1 aliphatic carbocycles. The van der Waals surface area contributed by atoms with E-state index >= 15 is 0 Å². The molecule has 1 N–H and O–H groups in total. The molecule has 0 aromatic heterocycles. The van der Waals surface area contributed by atoms with E-state index in [4.69, 9.17) is 4.74 Å². The third-order valence-corrected chi connectivity index (χ3v) is 4.07. The molecule has 3 heteroatoms. The van der Waals surface area contributed by atoms with Crippen LogP contribution in [0.2, 0.25) is 0 Å². The maximum Gasteiger partial charge on any atom is 0.123 e. The van der Waals surface area contributed by atoms with E-state index in [0.29, 0.717) is 12.0 Å². The van der Waals surface area contributed by atoms with Crippen molar-refractivity contribution in [2.75, 3.05) is 13.7 Å². The number of hydrogen-bond donors (Lipinski definition) is 1. The molecule has 0 heterocycles. The SMILES string of the molecule is CCNC1CCCCCC1c1cc(F)ccc1OC. The van der Waals surface area contributed by atoms with Crippen molar-refractivity contribution >= 4 is 0 Å². The van der Waals surface area contributed by atoms with E-state index < -0.39 is 0 Å². The lowest BCUT2D eigenvalue weighted by atomic mass is 9.87. The van der Waals surface area contributed by atoms with E-state index in [-0.39, 0.29) is 5.82 Å². The summed E-state index contributed by atoms with van der Waals surface area (Å²) in [6.45, 7) is 3.09. The predicted molar refractivity (Wildman–Crippen MR) is 76.2 cm³/mol. The highest BCUT2D eigenvalue weighted by molar-refractivity contribution is 5.38. The fourth-order valence-corrected chi connectivity index (χ4v) is 3.18. The number of hydrogen-bond acceptors (Lipinski definition) is 2. The van der Waals surface area contributed by atoms with E-state index in [1.54, 1.807) is 19.2 Å². The van der Waals surface area contributed by atoms with Crippen LogP contribution in [0.1, 0.15) is 50.5 Å². The van der Waals surface area contributed by atoms with E-state index in [2.05, 4.69) is 12.2 Å². The van der Waals surface area contributed by atoms with E-state index in [9.17, 15) is 4.39 Å². The second kappa shape index (κ2) is 6.90. The van der Waals surface area contributed by atoms with Crippen molar-refractivity contribution in [3.63, 3.8) is 0 Å². The minimum absolute atomic E-state index is 0.171. The molecule has 0 bridgehead atoms. The highest BCUT2D eigenvalue weighted by Crippen LogP contribution is 2.37. The van der Waals surface area contributed by atoms with Crippen molar-refractivity contribution in [2.24, 2.45) is 0 Å². The highest BCUT2D eigenvalue weighted by atomic mass is 19.1. The Kier molecular flexibility index (Phi) is 5.20. The van der Waals surface area contributed by atoms with E-state index in [0.717, 1.165) is 30.7 Å². The summed E-state index contributed by atoms with van der Waals surface area (Å²) in [4.78, 5) is 0. The van der Waals surface area contributed by atoms with Gasteiger partial charge in [-0.05, 0) is 37.6 Å². The standard InChI is InChI=1S/C16H24FNO/c1-3-18-15-8-6-4-5-7-13(15)14-11-12(17)9-10-16(14)19-2/h9-11,13,15,18H,3-8H2,1-2H3. The van der Waals surface area contributed by atoms with Crippen molar-refractivity contribution in [1.29, 1.82) is 0 Å². The van der Waals surface area contributed by atoms with Gasteiger partial charge in [-0.3, -0.25) is 0 Å². The average molecular weight is 265 g/mol. The third-order valence-electron chi connectivity index (χ3n) is 4.07. The Morgan fingerprint density at radius 2 is 2.05 bits per heavy atom. The molecule has 0 radical (unpaired) electrons. The van der Waals surface area contributed by atoms with Gasteiger partial charge in [0.1, 0.15) is 11.6 Å². The number of likely N-dealkylation sites (N-methyl/N-ethyl adjacent to an activating group) is 1. The van der Waals surface area contributed by atoms with Gasteiger partial charge in [0.15, 0.2) is 0 Å². The monoisotopic (exact) mass is 265 g/mol. The predicted octanol–water partition coefficient (Wildman–Crippen LogP) is 3.86. The van der Waals surface area contributed by atoms with Crippen molar-refractivity contribution in [2.45, 2.75) is 51.0 Å². The van der Waals surface area contributed by atoms with Gasteiger partial charge in [0, 0.05) is 17.5 Å². The summed E-state index contributed by atoms with van der Waals surface area (Å²) in [7, 11) is 1.66. The Hall–Kier alpha value is -1.09. The fraction of sp³-hybridized carbons (Fsp3) is 0.625. The minimum Gasteiger partial charge on any atom is -0.496 e. The average Bonchev–Trinajstić information content (AvgIpc) is 2.64. The molecule has 1 fully saturated rings. The van der Waals surface area contributed by atoms with Crippen LogP contribution < -0.4 is 10.1 Å². The Bertz CT molecular complexity index is 408. The molecule has 1 aliphatic rings. The molecule has 0 aliphatic heterocycles. The molecule has 19 heavy (non-hydrogen) atoms. The summed E-state index contributed by atoms with van der Waals surface area (Å²) < 4.78 is 19.0. The van der Waals surface area contributed by atoms with Crippen LogP contribution in [-0.2, 0) is 0 Å². The molecule has 1 saturated carbocycles. The van der Waals surface area contributed by atoms with Crippen LogP contribution in [0.4, 0.5) is 4.39 Å². The molecule has 1 aromatic carbocycles. The Morgan fingerprint density at radius 3 is 2.79 bits per heavy atom. The zero-order valence-electron chi connectivity index (χ0n) is 11.9. The maximum atomic E-state index is 13.6.